The van der Waals surface area contributed by atoms with E-state index >= 15 is 0 Å². The fraction of sp³-hybridized carbons (Fsp3) is 0.750. The van der Waals surface area contributed by atoms with Crippen LogP contribution in [0.1, 0.15) is 47.9 Å². The topological polar surface area (TPSA) is 26.0 Å². The summed E-state index contributed by atoms with van der Waals surface area (Å²) in [7, 11) is 0. The van der Waals surface area contributed by atoms with Crippen LogP contribution < -0.4 is 5.73 Å². The second-order valence-electron chi connectivity index (χ2n) is 6.98. The molecule has 1 aromatic heterocycles. The molecule has 0 amide bonds. The third-order valence-electron chi connectivity index (χ3n) is 5.80. The van der Waals surface area contributed by atoms with Gasteiger partial charge in [0.15, 0.2) is 0 Å². The van der Waals surface area contributed by atoms with Crippen molar-refractivity contribution in [3.05, 3.63) is 21.9 Å². The molecule has 1 atom stereocenters. The SMILES string of the molecule is Cc1ccc(C(N)C2C3CC4CC(C3)CC2C4)s1. The van der Waals surface area contributed by atoms with Crippen LogP contribution in [0.15, 0.2) is 12.1 Å². The molecular weight excluding hydrogens is 238 g/mol. The van der Waals surface area contributed by atoms with E-state index in [0.717, 1.165) is 29.6 Å². The second-order valence-corrected chi connectivity index (χ2v) is 8.30. The molecule has 18 heavy (non-hydrogen) atoms. The Morgan fingerprint density at radius 2 is 1.67 bits per heavy atom. The summed E-state index contributed by atoms with van der Waals surface area (Å²) in [5, 5.41) is 0. The van der Waals surface area contributed by atoms with Gasteiger partial charge in [-0.05, 0) is 80.8 Å². The fourth-order valence-electron chi connectivity index (χ4n) is 5.38. The number of hydrogen-bond donors (Lipinski definition) is 1. The van der Waals surface area contributed by atoms with E-state index in [2.05, 4.69) is 19.1 Å². The van der Waals surface area contributed by atoms with Crippen molar-refractivity contribution < 1.29 is 0 Å². The lowest BCUT2D eigenvalue weighted by Crippen LogP contribution is -2.48. The highest BCUT2D eigenvalue weighted by atomic mass is 32.1. The van der Waals surface area contributed by atoms with Crippen molar-refractivity contribution >= 4 is 11.3 Å². The smallest absolute Gasteiger partial charge is 0.0423 e. The quantitative estimate of drug-likeness (QED) is 0.851. The summed E-state index contributed by atoms with van der Waals surface area (Å²) in [6.07, 6.45) is 7.46. The highest BCUT2D eigenvalue weighted by Crippen LogP contribution is 2.59. The summed E-state index contributed by atoms with van der Waals surface area (Å²) < 4.78 is 0. The highest BCUT2D eigenvalue weighted by molar-refractivity contribution is 7.12. The Bertz CT molecular complexity index is 422. The van der Waals surface area contributed by atoms with E-state index in [0.29, 0.717) is 6.04 Å². The maximum Gasteiger partial charge on any atom is 0.0423 e. The van der Waals surface area contributed by atoms with Crippen LogP contribution in [0.4, 0.5) is 0 Å². The van der Waals surface area contributed by atoms with Crippen LogP contribution in [0.5, 0.6) is 0 Å². The zero-order chi connectivity index (χ0) is 12.3. The summed E-state index contributed by atoms with van der Waals surface area (Å²) in [4.78, 5) is 2.84. The molecule has 4 aliphatic rings. The van der Waals surface area contributed by atoms with Gasteiger partial charge in [-0.2, -0.15) is 0 Å². The first-order valence-corrected chi connectivity index (χ1v) is 8.34. The molecule has 1 unspecified atom stereocenters. The third-order valence-corrected chi connectivity index (χ3v) is 6.91. The minimum atomic E-state index is 0.318. The molecule has 4 saturated carbocycles. The van der Waals surface area contributed by atoms with E-state index in [1.165, 1.54) is 41.9 Å². The van der Waals surface area contributed by atoms with Gasteiger partial charge >= 0.3 is 0 Å². The number of rotatable bonds is 2. The van der Waals surface area contributed by atoms with Crippen LogP contribution in [-0.2, 0) is 0 Å². The molecule has 2 heteroatoms. The van der Waals surface area contributed by atoms with Crippen LogP contribution in [0.25, 0.3) is 0 Å². The van der Waals surface area contributed by atoms with E-state index in [-0.39, 0.29) is 0 Å². The van der Waals surface area contributed by atoms with Crippen molar-refractivity contribution in [2.45, 2.75) is 45.1 Å². The number of thiophene rings is 1. The minimum Gasteiger partial charge on any atom is -0.323 e. The average Bonchev–Trinajstić information content (AvgIpc) is 2.74. The van der Waals surface area contributed by atoms with Gasteiger partial charge in [0.25, 0.3) is 0 Å². The average molecular weight is 261 g/mol. The van der Waals surface area contributed by atoms with Gasteiger partial charge in [-0.15, -0.1) is 11.3 Å². The molecule has 0 radical (unpaired) electrons. The third kappa shape index (κ3) is 1.69. The summed E-state index contributed by atoms with van der Waals surface area (Å²) >= 11 is 1.92. The molecule has 1 nitrogen and oxygen atoms in total. The highest BCUT2D eigenvalue weighted by Gasteiger charge is 2.50. The zero-order valence-electron chi connectivity index (χ0n) is 11.1. The zero-order valence-corrected chi connectivity index (χ0v) is 12.0. The molecule has 0 saturated heterocycles. The largest absolute Gasteiger partial charge is 0.323 e. The van der Waals surface area contributed by atoms with Gasteiger partial charge in [0.2, 0.25) is 0 Å². The number of aryl methyl sites for hydroxylation is 1. The van der Waals surface area contributed by atoms with Crippen LogP contribution in [0.3, 0.4) is 0 Å². The van der Waals surface area contributed by atoms with Crippen molar-refractivity contribution in [3.8, 4) is 0 Å². The van der Waals surface area contributed by atoms with E-state index in [4.69, 9.17) is 5.73 Å². The molecule has 4 aliphatic carbocycles. The number of hydrogen-bond acceptors (Lipinski definition) is 2. The Morgan fingerprint density at radius 1 is 1.06 bits per heavy atom. The van der Waals surface area contributed by atoms with Crippen molar-refractivity contribution in [2.75, 3.05) is 0 Å². The Labute approximate surface area is 114 Å². The first-order chi connectivity index (χ1) is 8.70. The standard InChI is InChI=1S/C16H23NS/c1-9-2-3-14(18-9)16(17)15-12-5-10-4-11(7-12)8-13(15)6-10/h2-3,10-13,15-16H,4-8,17H2,1H3. The van der Waals surface area contributed by atoms with Crippen LogP contribution in [0.2, 0.25) is 0 Å². The lowest BCUT2D eigenvalue weighted by atomic mass is 9.50. The Balaban J connectivity index is 1.61. The lowest BCUT2D eigenvalue weighted by molar-refractivity contribution is -0.0467. The molecule has 1 aromatic rings. The van der Waals surface area contributed by atoms with E-state index in [1.807, 2.05) is 11.3 Å². The van der Waals surface area contributed by atoms with Crippen molar-refractivity contribution in [2.24, 2.45) is 35.3 Å². The first kappa shape index (κ1) is 11.5. The lowest BCUT2D eigenvalue weighted by Gasteiger charge is -2.55. The molecule has 4 bridgehead atoms. The van der Waals surface area contributed by atoms with Crippen LogP contribution in [0, 0.1) is 36.5 Å². The van der Waals surface area contributed by atoms with Gasteiger partial charge in [-0.25, -0.2) is 0 Å². The Morgan fingerprint density at radius 3 is 2.17 bits per heavy atom. The minimum absolute atomic E-state index is 0.318. The molecule has 4 fully saturated rings. The van der Waals surface area contributed by atoms with Crippen molar-refractivity contribution in [1.29, 1.82) is 0 Å². The van der Waals surface area contributed by atoms with Gasteiger partial charge in [-0.1, -0.05) is 0 Å². The van der Waals surface area contributed by atoms with Crippen molar-refractivity contribution in [3.63, 3.8) is 0 Å². The molecule has 0 aromatic carbocycles. The van der Waals surface area contributed by atoms with E-state index in [9.17, 15) is 0 Å². The predicted molar refractivity (Wildman–Crippen MR) is 76.5 cm³/mol. The van der Waals surface area contributed by atoms with Gasteiger partial charge in [0, 0.05) is 15.8 Å². The van der Waals surface area contributed by atoms with Gasteiger partial charge in [0.05, 0.1) is 0 Å². The summed E-state index contributed by atoms with van der Waals surface area (Å²) in [6.45, 7) is 2.19. The molecule has 1 heterocycles. The van der Waals surface area contributed by atoms with Crippen LogP contribution >= 0.6 is 11.3 Å². The number of nitrogens with two attached hydrogens (primary N) is 1. The molecule has 5 rings (SSSR count). The Kier molecular flexibility index (Phi) is 2.60. The van der Waals surface area contributed by atoms with Gasteiger partial charge < -0.3 is 5.73 Å². The molecular formula is C16H23NS. The van der Waals surface area contributed by atoms with E-state index < -0.39 is 0 Å². The monoisotopic (exact) mass is 261 g/mol. The normalized spacial score (nSPS) is 43.3. The van der Waals surface area contributed by atoms with Gasteiger partial charge in [-0.3, -0.25) is 0 Å². The summed E-state index contributed by atoms with van der Waals surface area (Å²) in [6, 6.07) is 4.82. The Hall–Kier alpha value is -0.340. The second kappa shape index (κ2) is 4.08. The molecule has 0 spiro atoms. The summed E-state index contributed by atoms with van der Waals surface area (Å²) in [5.41, 5.74) is 6.64. The van der Waals surface area contributed by atoms with Crippen LogP contribution in [-0.4, -0.2) is 0 Å². The van der Waals surface area contributed by atoms with E-state index in [1.54, 1.807) is 0 Å². The first-order valence-electron chi connectivity index (χ1n) is 7.52. The maximum absolute atomic E-state index is 6.64. The van der Waals surface area contributed by atoms with Gasteiger partial charge in [0.1, 0.15) is 0 Å². The maximum atomic E-state index is 6.64. The molecule has 98 valence electrons. The molecule has 0 aliphatic heterocycles. The molecule has 2 N–H and O–H groups in total. The fourth-order valence-corrected chi connectivity index (χ4v) is 6.31. The predicted octanol–water partition coefficient (Wildman–Crippen LogP) is 4.13. The van der Waals surface area contributed by atoms with Crippen molar-refractivity contribution in [1.82, 2.24) is 0 Å². The summed E-state index contributed by atoms with van der Waals surface area (Å²) in [5.74, 6) is 4.79.